The lowest BCUT2D eigenvalue weighted by molar-refractivity contribution is -0.140. The van der Waals surface area contributed by atoms with Gasteiger partial charge < -0.3 is 15.0 Å². The van der Waals surface area contributed by atoms with Crippen LogP contribution in [0, 0.1) is 0 Å². The first-order valence-corrected chi connectivity index (χ1v) is 6.20. The molecule has 1 aliphatic heterocycles. The first kappa shape index (κ1) is 12.9. The minimum Gasteiger partial charge on any atom is -0.497 e. The molecular weight excluding hydrogens is 228 g/mol. The van der Waals surface area contributed by atoms with Crippen molar-refractivity contribution in [3.63, 3.8) is 0 Å². The number of carbonyl (C=O) groups excluding carboxylic acids is 1. The lowest BCUT2D eigenvalue weighted by Gasteiger charge is -2.38. The summed E-state index contributed by atoms with van der Waals surface area (Å²) in [7, 11) is 1.65. The molecular formula is C14H20N2O2. The maximum absolute atomic E-state index is 12.2. The highest BCUT2D eigenvalue weighted by atomic mass is 16.5. The van der Waals surface area contributed by atoms with Gasteiger partial charge in [-0.15, -0.1) is 0 Å². The van der Waals surface area contributed by atoms with Crippen LogP contribution in [0.5, 0.6) is 5.75 Å². The molecule has 1 fully saturated rings. The molecule has 0 unspecified atom stereocenters. The summed E-state index contributed by atoms with van der Waals surface area (Å²) in [5.74, 6) is 0.978. The molecule has 1 N–H and O–H groups in total. The molecule has 0 saturated carbocycles. The van der Waals surface area contributed by atoms with Crippen LogP contribution in [-0.2, 0) is 11.3 Å². The number of carbonyl (C=O) groups is 1. The zero-order chi connectivity index (χ0) is 13.2. The van der Waals surface area contributed by atoms with Crippen molar-refractivity contribution >= 4 is 5.91 Å². The van der Waals surface area contributed by atoms with Gasteiger partial charge in [0.05, 0.1) is 12.6 Å². The highest BCUT2D eigenvalue weighted by molar-refractivity contribution is 5.86. The number of benzene rings is 1. The quantitative estimate of drug-likeness (QED) is 0.879. The fourth-order valence-electron chi connectivity index (χ4n) is 2.22. The van der Waals surface area contributed by atoms with E-state index in [9.17, 15) is 4.79 Å². The van der Waals surface area contributed by atoms with E-state index in [-0.39, 0.29) is 5.91 Å². The zero-order valence-corrected chi connectivity index (χ0v) is 11.2. The summed E-state index contributed by atoms with van der Waals surface area (Å²) in [6, 6.07) is 7.85. The molecule has 1 saturated heterocycles. The second kappa shape index (κ2) is 4.98. The van der Waals surface area contributed by atoms with Crippen LogP contribution in [0.1, 0.15) is 19.4 Å². The maximum atomic E-state index is 12.2. The Morgan fingerprint density at radius 3 is 2.94 bits per heavy atom. The Morgan fingerprint density at radius 2 is 2.22 bits per heavy atom. The Hall–Kier alpha value is -1.55. The SMILES string of the molecule is COc1cccc(CN2CCNC(C)(C)C2=O)c1. The van der Waals surface area contributed by atoms with Gasteiger partial charge >= 0.3 is 0 Å². The summed E-state index contributed by atoms with van der Waals surface area (Å²) >= 11 is 0. The van der Waals surface area contributed by atoms with Gasteiger partial charge in [-0.2, -0.15) is 0 Å². The number of nitrogens with zero attached hydrogens (tertiary/aromatic N) is 1. The minimum atomic E-state index is -0.461. The topological polar surface area (TPSA) is 41.6 Å². The Morgan fingerprint density at radius 1 is 1.44 bits per heavy atom. The highest BCUT2D eigenvalue weighted by Gasteiger charge is 2.34. The van der Waals surface area contributed by atoms with E-state index in [1.54, 1.807) is 7.11 Å². The van der Waals surface area contributed by atoms with E-state index >= 15 is 0 Å². The van der Waals surface area contributed by atoms with Gasteiger partial charge in [-0.3, -0.25) is 4.79 Å². The number of ether oxygens (including phenoxy) is 1. The van der Waals surface area contributed by atoms with Crippen LogP contribution in [0.15, 0.2) is 24.3 Å². The summed E-state index contributed by atoms with van der Waals surface area (Å²) in [4.78, 5) is 14.1. The molecule has 4 heteroatoms. The normalized spacial score (nSPS) is 18.8. The average Bonchev–Trinajstić information content (AvgIpc) is 2.35. The number of methoxy groups -OCH3 is 1. The standard InChI is InChI=1S/C14H20N2O2/c1-14(2)13(17)16(8-7-15-14)10-11-5-4-6-12(9-11)18-3/h4-6,9,15H,7-8,10H2,1-3H3. The number of nitrogens with one attached hydrogen (secondary N) is 1. The molecule has 4 nitrogen and oxygen atoms in total. The van der Waals surface area contributed by atoms with E-state index in [0.717, 1.165) is 24.4 Å². The molecule has 1 aromatic rings. The predicted octanol–water partition coefficient (Wildman–Crippen LogP) is 1.41. The van der Waals surface area contributed by atoms with E-state index in [1.807, 2.05) is 43.0 Å². The van der Waals surface area contributed by atoms with Crippen molar-refractivity contribution in [1.82, 2.24) is 10.2 Å². The van der Waals surface area contributed by atoms with Gasteiger partial charge in [-0.05, 0) is 31.5 Å². The Balaban J connectivity index is 2.11. The summed E-state index contributed by atoms with van der Waals surface area (Å²) in [6.45, 7) is 6.07. The van der Waals surface area contributed by atoms with Crippen molar-refractivity contribution in [2.45, 2.75) is 25.9 Å². The number of amides is 1. The molecule has 0 spiro atoms. The molecule has 98 valence electrons. The Kier molecular flexibility index (Phi) is 3.57. The largest absolute Gasteiger partial charge is 0.497 e. The van der Waals surface area contributed by atoms with Gasteiger partial charge in [-0.1, -0.05) is 12.1 Å². The fourth-order valence-corrected chi connectivity index (χ4v) is 2.22. The molecule has 1 amide bonds. The third kappa shape index (κ3) is 2.64. The van der Waals surface area contributed by atoms with Gasteiger partial charge in [-0.25, -0.2) is 0 Å². The monoisotopic (exact) mass is 248 g/mol. The molecule has 1 heterocycles. The minimum absolute atomic E-state index is 0.150. The van der Waals surface area contributed by atoms with E-state index in [1.165, 1.54) is 0 Å². The van der Waals surface area contributed by atoms with Crippen LogP contribution in [0.4, 0.5) is 0 Å². The highest BCUT2D eigenvalue weighted by Crippen LogP contribution is 2.18. The average molecular weight is 248 g/mol. The number of hydrogen-bond acceptors (Lipinski definition) is 3. The third-order valence-electron chi connectivity index (χ3n) is 3.28. The van der Waals surface area contributed by atoms with Gasteiger partial charge in [0.1, 0.15) is 5.75 Å². The molecule has 0 bridgehead atoms. The Labute approximate surface area is 108 Å². The predicted molar refractivity (Wildman–Crippen MR) is 70.5 cm³/mol. The molecule has 0 aliphatic carbocycles. The third-order valence-corrected chi connectivity index (χ3v) is 3.28. The van der Waals surface area contributed by atoms with Crippen molar-refractivity contribution in [3.8, 4) is 5.75 Å². The van der Waals surface area contributed by atoms with E-state index < -0.39 is 5.54 Å². The molecule has 0 aromatic heterocycles. The van der Waals surface area contributed by atoms with Crippen molar-refractivity contribution in [1.29, 1.82) is 0 Å². The van der Waals surface area contributed by atoms with Crippen molar-refractivity contribution in [2.75, 3.05) is 20.2 Å². The molecule has 0 radical (unpaired) electrons. The van der Waals surface area contributed by atoms with Crippen LogP contribution in [-0.4, -0.2) is 36.5 Å². The van der Waals surface area contributed by atoms with Crippen LogP contribution < -0.4 is 10.1 Å². The summed E-state index contributed by atoms with van der Waals surface area (Å²) in [5, 5.41) is 3.23. The van der Waals surface area contributed by atoms with Crippen molar-refractivity contribution in [3.05, 3.63) is 29.8 Å². The smallest absolute Gasteiger partial charge is 0.242 e. The van der Waals surface area contributed by atoms with Crippen molar-refractivity contribution < 1.29 is 9.53 Å². The fraction of sp³-hybridized carbons (Fsp3) is 0.500. The van der Waals surface area contributed by atoms with Crippen LogP contribution in [0.3, 0.4) is 0 Å². The number of rotatable bonds is 3. The number of hydrogen-bond donors (Lipinski definition) is 1. The molecule has 2 rings (SSSR count). The van der Waals surface area contributed by atoms with Crippen molar-refractivity contribution in [2.24, 2.45) is 0 Å². The zero-order valence-electron chi connectivity index (χ0n) is 11.2. The lowest BCUT2D eigenvalue weighted by atomic mass is 10.0. The van der Waals surface area contributed by atoms with Crippen LogP contribution in [0.2, 0.25) is 0 Å². The van der Waals surface area contributed by atoms with E-state index in [4.69, 9.17) is 4.74 Å². The van der Waals surface area contributed by atoms with Gasteiger partial charge in [0, 0.05) is 19.6 Å². The van der Waals surface area contributed by atoms with E-state index in [2.05, 4.69) is 5.32 Å². The summed E-state index contributed by atoms with van der Waals surface area (Å²) < 4.78 is 5.20. The van der Waals surface area contributed by atoms with Crippen LogP contribution >= 0.6 is 0 Å². The first-order valence-electron chi connectivity index (χ1n) is 6.20. The molecule has 1 aliphatic rings. The maximum Gasteiger partial charge on any atom is 0.242 e. The lowest BCUT2D eigenvalue weighted by Crippen LogP contribution is -2.60. The molecule has 18 heavy (non-hydrogen) atoms. The first-order chi connectivity index (χ1) is 8.53. The van der Waals surface area contributed by atoms with Gasteiger partial charge in [0.2, 0.25) is 5.91 Å². The van der Waals surface area contributed by atoms with Crippen LogP contribution in [0.25, 0.3) is 0 Å². The number of piperazine rings is 1. The van der Waals surface area contributed by atoms with E-state index in [0.29, 0.717) is 6.54 Å². The summed E-state index contributed by atoms with van der Waals surface area (Å²) in [5.41, 5.74) is 0.636. The van der Waals surface area contributed by atoms with Gasteiger partial charge in [0.15, 0.2) is 0 Å². The van der Waals surface area contributed by atoms with Gasteiger partial charge in [0.25, 0.3) is 0 Å². The molecule has 0 atom stereocenters. The second-order valence-electron chi connectivity index (χ2n) is 5.13. The second-order valence-corrected chi connectivity index (χ2v) is 5.13. The Bertz CT molecular complexity index is 443. The molecule has 1 aromatic carbocycles. The summed E-state index contributed by atoms with van der Waals surface area (Å²) in [6.07, 6.45) is 0.